The highest BCUT2D eigenvalue weighted by molar-refractivity contribution is 5.13. The van der Waals surface area contributed by atoms with Gasteiger partial charge in [0.15, 0.2) is 0 Å². The van der Waals surface area contributed by atoms with Crippen LogP contribution >= 0.6 is 0 Å². The molecule has 0 amide bonds. The van der Waals surface area contributed by atoms with Gasteiger partial charge in [-0.25, -0.2) is 0 Å². The Morgan fingerprint density at radius 2 is 1.89 bits per heavy atom. The van der Waals surface area contributed by atoms with Crippen LogP contribution in [0.25, 0.3) is 0 Å². The van der Waals surface area contributed by atoms with Crippen molar-refractivity contribution in [1.82, 2.24) is 0 Å². The average molecular weight is 377 g/mol. The van der Waals surface area contributed by atoms with E-state index in [0.29, 0.717) is 17.9 Å². The van der Waals surface area contributed by atoms with E-state index < -0.39 is 6.10 Å². The van der Waals surface area contributed by atoms with E-state index in [1.807, 2.05) is 0 Å². The summed E-state index contributed by atoms with van der Waals surface area (Å²) in [6.45, 7) is 12.6. The molecule has 1 heterocycles. The maximum Gasteiger partial charge on any atom is 0.126 e. The van der Waals surface area contributed by atoms with Gasteiger partial charge in [0.1, 0.15) is 32.3 Å². The first-order valence-electron chi connectivity index (χ1n) is 10.6. The number of hydrogen-bond acceptors (Lipinski definition) is 3. The molecule has 1 saturated heterocycles. The van der Waals surface area contributed by atoms with E-state index in [2.05, 4.69) is 51.1 Å². The van der Waals surface area contributed by atoms with Gasteiger partial charge in [-0.2, -0.15) is 0 Å². The van der Waals surface area contributed by atoms with Crippen LogP contribution in [-0.2, 0) is 16.0 Å². The van der Waals surface area contributed by atoms with E-state index in [1.54, 1.807) is 0 Å². The monoisotopic (exact) mass is 376 g/mol. The summed E-state index contributed by atoms with van der Waals surface area (Å²) in [7, 11) is 0. The summed E-state index contributed by atoms with van der Waals surface area (Å²) in [6.07, 6.45) is 3.35. The molecule has 1 aromatic carbocycles. The van der Waals surface area contributed by atoms with Crippen LogP contribution in [0.1, 0.15) is 45.6 Å². The van der Waals surface area contributed by atoms with Crippen molar-refractivity contribution in [1.29, 1.82) is 0 Å². The molecule has 3 atom stereocenters. The second kappa shape index (κ2) is 9.04. The van der Waals surface area contributed by atoms with Gasteiger partial charge in [-0.3, -0.25) is 0 Å². The van der Waals surface area contributed by atoms with Gasteiger partial charge in [0.2, 0.25) is 0 Å². The average Bonchev–Trinajstić information content (AvgIpc) is 2.60. The Morgan fingerprint density at radius 3 is 2.56 bits per heavy atom. The minimum absolute atomic E-state index is 0.283. The number of aliphatic hydroxyl groups is 1. The SMILES string of the molecule is C[C@@H]1C[C@@H](OC[C@H](O)C[N+]2(Cc3ccccc3)CCOCC2)CC(C)(C)C1. The summed E-state index contributed by atoms with van der Waals surface area (Å²) >= 11 is 0. The molecule has 152 valence electrons. The molecule has 1 N–H and O–H groups in total. The van der Waals surface area contributed by atoms with Crippen LogP contribution in [0.4, 0.5) is 0 Å². The number of benzene rings is 1. The van der Waals surface area contributed by atoms with E-state index in [-0.39, 0.29) is 6.10 Å². The van der Waals surface area contributed by atoms with Gasteiger partial charge in [-0.15, -0.1) is 0 Å². The Hall–Kier alpha value is -0.940. The van der Waals surface area contributed by atoms with Crippen molar-refractivity contribution >= 4 is 0 Å². The molecule has 0 spiro atoms. The van der Waals surface area contributed by atoms with Gasteiger partial charge in [0.25, 0.3) is 0 Å². The topological polar surface area (TPSA) is 38.7 Å². The lowest BCUT2D eigenvalue weighted by molar-refractivity contribution is -0.950. The molecule has 1 aromatic rings. The molecule has 4 nitrogen and oxygen atoms in total. The van der Waals surface area contributed by atoms with Crippen LogP contribution in [0.3, 0.4) is 0 Å². The highest BCUT2D eigenvalue weighted by Gasteiger charge is 2.35. The lowest BCUT2D eigenvalue weighted by atomic mass is 9.71. The predicted molar refractivity (Wildman–Crippen MR) is 108 cm³/mol. The van der Waals surface area contributed by atoms with Crippen LogP contribution in [-0.4, -0.2) is 61.3 Å². The fraction of sp³-hybridized carbons (Fsp3) is 0.739. The molecule has 3 rings (SSSR count). The Kier molecular flexibility index (Phi) is 6.96. The summed E-state index contributed by atoms with van der Waals surface area (Å²) in [4.78, 5) is 0. The zero-order valence-electron chi connectivity index (χ0n) is 17.4. The second-order valence-electron chi connectivity index (χ2n) is 9.75. The van der Waals surface area contributed by atoms with Gasteiger partial charge >= 0.3 is 0 Å². The molecule has 0 radical (unpaired) electrons. The Labute approximate surface area is 165 Å². The van der Waals surface area contributed by atoms with Crippen LogP contribution in [0.2, 0.25) is 0 Å². The number of rotatable bonds is 7. The molecule has 1 aliphatic heterocycles. The number of quaternary nitrogens is 1. The van der Waals surface area contributed by atoms with E-state index in [1.165, 1.54) is 12.0 Å². The molecular weight excluding hydrogens is 338 g/mol. The standard InChI is InChI=1S/C23H38NO3/c1-19-13-22(15-23(2,3)14-19)27-18-21(25)17-24(9-11-26-12-10-24)16-20-7-5-4-6-8-20/h4-8,19,21-22,25H,9-18H2,1-3H3/q+1/t19-,21-,22-/m1/s1. The van der Waals surface area contributed by atoms with Crippen LogP contribution in [0.15, 0.2) is 30.3 Å². The van der Waals surface area contributed by atoms with Gasteiger partial charge < -0.3 is 19.1 Å². The van der Waals surface area contributed by atoms with Crippen LogP contribution in [0, 0.1) is 11.3 Å². The fourth-order valence-electron chi connectivity index (χ4n) is 5.24. The van der Waals surface area contributed by atoms with Crippen LogP contribution in [0.5, 0.6) is 0 Å². The van der Waals surface area contributed by atoms with Gasteiger partial charge in [0.05, 0.1) is 25.9 Å². The molecular formula is C23H38NO3+. The first kappa shape index (κ1) is 20.8. The Morgan fingerprint density at radius 1 is 1.19 bits per heavy atom. The van der Waals surface area contributed by atoms with E-state index in [4.69, 9.17) is 9.47 Å². The van der Waals surface area contributed by atoms with Crippen molar-refractivity contribution in [2.45, 2.75) is 58.8 Å². The molecule has 1 aliphatic carbocycles. The second-order valence-corrected chi connectivity index (χ2v) is 9.75. The Bertz CT molecular complexity index is 568. The number of hydrogen-bond donors (Lipinski definition) is 1. The molecule has 0 aromatic heterocycles. The van der Waals surface area contributed by atoms with E-state index in [0.717, 1.165) is 56.7 Å². The van der Waals surface area contributed by atoms with Gasteiger partial charge in [-0.05, 0) is 30.6 Å². The lowest BCUT2D eigenvalue weighted by Crippen LogP contribution is -2.58. The molecule has 0 unspecified atom stereocenters. The zero-order chi connectivity index (χ0) is 19.3. The third-order valence-corrected chi connectivity index (χ3v) is 6.25. The molecule has 1 saturated carbocycles. The van der Waals surface area contributed by atoms with Crippen molar-refractivity contribution in [3.05, 3.63) is 35.9 Å². The molecule has 2 aliphatic rings. The minimum atomic E-state index is -0.424. The quantitative estimate of drug-likeness (QED) is 0.739. The van der Waals surface area contributed by atoms with Crippen LogP contribution < -0.4 is 0 Å². The number of aliphatic hydroxyl groups excluding tert-OH is 1. The summed E-state index contributed by atoms with van der Waals surface area (Å²) in [6, 6.07) is 10.6. The van der Waals surface area contributed by atoms with Gasteiger partial charge in [-0.1, -0.05) is 51.1 Å². The third-order valence-electron chi connectivity index (χ3n) is 6.25. The summed E-state index contributed by atoms with van der Waals surface area (Å²) in [5.74, 6) is 0.701. The lowest BCUT2D eigenvalue weighted by Gasteiger charge is -2.43. The summed E-state index contributed by atoms with van der Waals surface area (Å²) in [5.41, 5.74) is 1.67. The highest BCUT2D eigenvalue weighted by atomic mass is 16.5. The maximum atomic E-state index is 10.8. The van der Waals surface area contributed by atoms with E-state index >= 15 is 0 Å². The highest BCUT2D eigenvalue weighted by Crippen LogP contribution is 2.39. The molecule has 27 heavy (non-hydrogen) atoms. The maximum absolute atomic E-state index is 10.8. The smallest absolute Gasteiger partial charge is 0.126 e. The molecule has 0 bridgehead atoms. The Balaban J connectivity index is 1.55. The molecule has 4 heteroatoms. The summed E-state index contributed by atoms with van der Waals surface area (Å²) < 4.78 is 12.7. The van der Waals surface area contributed by atoms with Crippen molar-refractivity contribution in [3.63, 3.8) is 0 Å². The van der Waals surface area contributed by atoms with Crippen molar-refractivity contribution in [2.75, 3.05) is 39.5 Å². The first-order valence-corrected chi connectivity index (χ1v) is 10.6. The number of nitrogens with zero attached hydrogens (tertiary/aromatic N) is 1. The van der Waals surface area contributed by atoms with Crippen molar-refractivity contribution < 1.29 is 19.1 Å². The molecule has 2 fully saturated rings. The van der Waals surface area contributed by atoms with Crippen molar-refractivity contribution in [3.8, 4) is 0 Å². The predicted octanol–water partition coefficient (Wildman–Crippen LogP) is 3.63. The third kappa shape index (κ3) is 6.28. The van der Waals surface area contributed by atoms with E-state index in [9.17, 15) is 5.11 Å². The largest absolute Gasteiger partial charge is 0.385 e. The van der Waals surface area contributed by atoms with Crippen molar-refractivity contribution in [2.24, 2.45) is 11.3 Å². The summed E-state index contributed by atoms with van der Waals surface area (Å²) in [5, 5.41) is 10.8. The normalized spacial score (nSPS) is 28.6. The number of ether oxygens (including phenoxy) is 2. The first-order chi connectivity index (χ1) is 12.9. The number of morpholine rings is 1. The van der Waals surface area contributed by atoms with Gasteiger partial charge in [0, 0.05) is 5.56 Å². The minimum Gasteiger partial charge on any atom is -0.385 e. The fourth-order valence-corrected chi connectivity index (χ4v) is 5.24. The zero-order valence-corrected chi connectivity index (χ0v) is 17.4.